The second-order valence-electron chi connectivity index (χ2n) is 3.45. The van der Waals surface area contributed by atoms with Crippen molar-refractivity contribution in [2.24, 2.45) is 0 Å². The predicted octanol–water partition coefficient (Wildman–Crippen LogP) is -1.69. The quantitative estimate of drug-likeness (QED) is 0.226. The molecule has 0 aliphatic heterocycles. The SMILES string of the molecule is CN(C)CCCCCCSS(=O)(=O)[O-].[Na+]. The fraction of sp³-hybridized carbons (Fsp3) is 1.00. The molecule has 15 heavy (non-hydrogen) atoms. The minimum absolute atomic E-state index is 0. The average molecular weight is 263 g/mol. The van der Waals surface area contributed by atoms with Crippen LogP contribution in [0.15, 0.2) is 0 Å². The van der Waals surface area contributed by atoms with E-state index in [1.165, 1.54) is 0 Å². The third-order valence-corrected chi connectivity index (χ3v) is 3.84. The Labute approximate surface area is 119 Å². The molecule has 0 bridgehead atoms. The minimum Gasteiger partial charge on any atom is -0.739 e. The van der Waals surface area contributed by atoms with Gasteiger partial charge in [-0.25, -0.2) is 8.42 Å². The third kappa shape index (κ3) is 17.8. The topological polar surface area (TPSA) is 60.4 Å². The maximum atomic E-state index is 10.2. The molecular formula is C8H18NNaO3S2. The molecule has 0 fully saturated rings. The van der Waals surface area contributed by atoms with Gasteiger partial charge in [-0.2, -0.15) is 0 Å². The van der Waals surface area contributed by atoms with Crippen molar-refractivity contribution in [3.8, 4) is 0 Å². The molecule has 0 aliphatic carbocycles. The number of unbranched alkanes of at least 4 members (excludes halogenated alkanes) is 3. The van der Waals surface area contributed by atoms with Gasteiger partial charge >= 0.3 is 29.6 Å². The van der Waals surface area contributed by atoms with Crippen LogP contribution in [0, 0.1) is 0 Å². The summed E-state index contributed by atoms with van der Waals surface area (Å²) >= 11 is 0. The minimum atomic E-state index is -4.07. The van der Waals surface area contributed by atoms with Gasteiger partial charge in [-0.1, -0.05) is 12.8 Å². The number of hydrogen-bond donors (Lipinski definition) is 0. The van der Waals surface area contributed by atoms with Crippen molar-refractivity contribution in [3.05, 3.63) is 0 Å². The smallest absolute Gasteiger partial charge is 0.739 e. The van der Waals surface area contributed by atoms with Crippen LogP contribution in [0.3, 0.4) is 0 Å². The second kappa shape index (κ2) is 10.4. The van der Waals surface area contributed by atoms with E-state index >= 15 is 0 Å². The maximum absolute atomic E-state index is 10.2. The van der Waals surface area contributed by atoms with Gasteiger partial charge in [-0.05, 0) is 44.3 Å². The summed E-state index contributed by atoms with van der Waals surface area (Å²) in [7, 11) is 0.488. The van der Waals surface area contributed by atoms with Crippen LogP contribution < -0.4 is 29.6 Å². The molecule has 7 heteroatoms. The molecule has 0 N–H and O–H groups in total. The van der Waals surface area contributed by atoms with E-state index in [-0.39, 0.29) is 29.6 Å². The van der Waals surface area contributed by atoms with E-state index in [1.54, 1.807) is 0 Å². The molecule has 0 aromatic rings. The van der Waals surface area contributed by atoms with Gasteiger partial charge in [0, 0.05) is 5.75 Å². The zero-order valence-electron chi connectivity index (χ0n) is 9.73. The summed E-state index contributed by atoms with van der Waals surface area (Å²) in [6.45, 7) is 1.06. The molecule has 0 aliphatic rings. The fourth-order valence-corrected chi connectivity index (χ4v) is 2.54. The summed E-state index contributed by atoms with van der Waals surface area (Å²) in [5.74, 6) is 0.424. The molecule has 0 saturated heterocycles. The molecule has 0 atom stereocenters. The van der Waals surface area contributed by atoms with Crippen LogP contribution in [0.25, 0.3) is 0 Å². The third-order valence-electron chi connectivity index (χ3n) is 1.73. The van der Waals surface area contributed by atoms with Crippen LogP contribution in [0.4, 0.5) is 0 Å². The zero-order chi connectivity index (χ0) is 11.0. The molecule has 86 valence electrons. The summed E-state index contributed by atoms with van der Waals surface area (Å²) in [5.41, 5.74) is 0. The van der Waals surface area contributed by atoms with Gasteiger partial charge < -0.3 is 9.45 Å². The van der Waals surface area contributed by atoms with Gasteiger partial charge in [-0.15, -0.1) is 0 Å². The van der Waals surface area contributed by atoms with Crippen LogP contribution in [0.1, 0.15) is 25.7 Å². The van der Waals surface area contributed by atoms with Crippen LogP contribution in [0.2, 0.25) is 0 Å². The summed E-state index contributed by atoms with van der Waals surface area (Å²) in [5, 5.41) is 0. The van der Waals surface area contributed by atoms with E-state index in [9.17, 15) is 13.0 Å². The largest absolute Gasteiger partial charge is 1.00 e. The van der Waals surface area contributed by atoms with Crippen LogP contribution in [-0.4, -0.2) is 44.3 Å². The molecule has 0 saturated carbocycles. The van der Waals surface area contributed by atoms with Gasteiger partial charge in [-0.3, -0.25) is 0 Å². The Hall–Kier alpha value is 1.22. The van der Waals surface area contributed by atoms with E-state index in [4.69, 9.17) is 0 Å². The van der Waals surface area contributed by atoms with Gasteiger partial charge in [0.05, 0.1) is 0 Å². The standard InChI is InChI=1S/C8H19NO3S2.Na/c1-9(2)7-5-3-4-6-8-13-14(10,11)12;/h3-8H2,1-2H3,(H,10,11,12);/q;+1/p-1. The van der Waals surface area contributed by atoms with Gasteiger partial charge in [0.2, 0.25) is 0 Å². The molecule has 0 unspecified atom stereocenters. The summed E-state index contributed by atoms with van der Waals surface area (Å²) < 4.78 is 30.6. The number of rotatable bonds is 8. The monoisotopic (exact) mass is 263 g/mol. The molecule has 0 amide bonds. The molecule has 0 radical (unpaired) electrons. The Morgan fingerprint density at radius 1 is 1.13 bits per heavy atom. The van der Waals surface area contributed by atoms with E-state index < -0.39 is 9.15 Å². The second-order valence-corrected chi connectivity index (χ2v) is 6.84. The molecule has 0 spiro atoms. The average Bonchev–Trinajstić information content (AvgIpc) is 2.00. The first-order valence-electron chi connectivity index (χ1n) is 4.67. The van der Waals surface area contributed by atoms with Crippen molar-refractivity contribution in [3.63, 3.8) is 0 Å². The van der Waals surface area contributed by atoms with Crippen molar-refractivity contribution in [1.29, 1.82) is 0 Å². The molecule has 4 nitrogen and oxygen atoms in total. The summed E-state index contributed by atoms with van der Waals surface area (Å²) in [6.07, 6.45) is 4.02. The van der Waals surface area contributed by atoms with E-state index in [2.05, 4.69) is 4.90 Å². The van der Waals surface area contributed by atoms with Crippen molar-refractivity contribution in [2.45, 2.75) is 25.7 Å². The van der Waals surface area contributed by atoms with Crippen molar-refractivity contribution >= 4 is 19.9 Å². The number of nitrogens with zero attached hydrogens (tertiary/aromatic N) is 1. The Bertz CT molecular complexity index is 232. The Morgan fingerprint density at radius 3 is 2.13 bits per heavy atom. The van der Waals surface area contributed by atoms with E-state index in [0.717, 1.165) is 32.2 Å². The molecule has 0 rings (SSSR count). The van der Waals surface area contributed by atoms with Gasteiger partial charge in [0.15, 0.2) is 0 Å². The van der Waals surface area contributed by atoms with Crippen molar-refractivity contribution in [2.75, 3.05) is 26.4 Å². The molecule has 0 aromatic carbocycles. The fourth-order valence-electron chi connectivity index (χ4n) is 1.04. The molecular weight excluding hydrogens is 245 g/mol. The molecule has 0 aromatic heterocycles. The summed E-state index contributed by atoms with van der Waals surface area (Å²) in [4.78, 5) is 2.12. The van der Waals surface area contributed by atoms with E-state index in [1.807, 2.05) is 14.1 Å². The van der Waals surface area contributed by atoms with Gasteiger partial charge in [0.25, 0.3) is 0 Å². The first kappa shape index (κ1) is 18.6. The van der Waals surface area contributed by atoms with Crippen molar-refractivity contribution < 1.29 is 42.5 Å². The first-order chi connectivity index (χ1) is 6.42. The van der Waals surface area contributed by atoms with E-state index in [0.29, 0.717) is 16.5 Å². The maximum Gasteiger partial charge on any atom is 1.00 e. The van der Waals surface area contributed by atoms with Crippen LogP contribution in [0.5, 0.6) is 0 Å². The first-order valence-corrected chi connectivity index (χ1v) is 7.58. The molecule has 0 heterocycles. The van der Waals surface area contributed by atoms with Crippen LogP contribution in [-0.2, 0) is 9.15 Å². The van der Waals surface area contributed by atoms with Crippen LogP contribution >= 0.6 is 10.8 Å². The normalized spacial score (nSPS) is 11.5. The number of hydrogen-bond acceptors (Lipinski definition) is 5. The Balaban J connectivity index is 0. The summed E-state index contributed by atoms with van der Waals surface area (Å²) in [6, 6.07) is 0. The Morgan fingerprint density at radius 2 is 1.67 bits per heavy atom. The predicted molar refractivity (Wildman–Crippen MR) is 59.2 cm³/mol. The van der Waals surface area contributed by atoms with Gasteiger partial charge in [0.1, 0.15) is 9.15 Å². The zero-order valence-corrected chi connectivity index (χ0v) is 13.4. The van der Waals surface area contributed by atoms with Crippen molar-refractivity contribution in [1.82, 2.24) is 4.90 Å². The Kier molecular flexibility index (Phi) is 12.9.